The molecular weight excluding hydrogens is 424 g/mol. The van der Waals surface area contributed by atoms with Gasteiger partial charge in [0.15, 0.2) is 0 Å². The maximum atomic E-state index is 5.64. The van der Waals surface area contributed by atoms with Crippen LogP contribution in [0.4, 0.5) is 0 Å². The Hall–Kier alpha value is -4.10. The molecule has 6 aromatic carbocycles. The van der Waals surface area contributed by atoms with Crippen LogP contribution in [0.2, 0.25) is 0 Å². The Morgan fingerprint density at radius 3 is 1.63 bits per heavy atom. The highest BCUT2D eigenvalue weighted by atomic mass is 16.5. The molecule has 0 bridgehead atoms. The van der Waals surface area contributed by atoms with Crippen molar-refractivity contribution in [3.8, 4) is 16.9 Å². The largest absolute Gasteiger partial charge is 0.497 e. The molecule has 2 aliphatic carbocycles. The van der Waals surface area contributed by atoms with Gasteiger partial charge in [0.2, 0.25) is 0 Å². The Morgan fingerprint density at radius 2 is 1.00 bits per heavy atom. The molecule has 0 saturated heterocycles. The smallest absolute Gasteiger partial charge is 0.119 e. The van der Waals surface area contributed by atoms with Gasteiger partial charge in [0.1, 0.15) is 5.75 Å². The first-order chi connectivity index (χ1) is 17.3. The summed E-state index contributed by atoms with van der Waals surface area (Å²) in [7, 11) is 1.75. The summed E-state index contributed by atoms with van der Waals surface area (Å²) in [5, 5.41) is 8.16. The van der Waals surface area contributed by atoms with Gasteiger partial charge in [0.25, 0.3) is 0 Å². The van der Waals surface area contributed by atoms with E-state index < -0.39 is 0 Å². The summed E-state index contributed by atoms with van der Waals surface area (Å²) in [6, 6.07) is 38.2. The molecule has 2 aliphatic rings. The van der Waals surface area contributed by atoms with E-state index in [1.165, 1.54) is 65.7 Å². The van der Waals surface area contributed by atoms with Gasteiger partial charge in [-0.3, -0.25) is 0 Å². The molecule has 0 aromatic heterocycles. The number of hydrogen-bond donors (Lipinski definition) is 0. The first-order valence-corrected chi connectivity index (χ1v) is 12.5. The van der Waals surface area contributed by atoms with Crippen LogP contribution < -0.4 is 4.74 Å². The quantitative estimate of drug-likeness (QED) is 0.227. The number of hydrogen-bond acceptors (Lipinski definition) is 1. The molecule has 0 unspecified atom stereocenters. The van der Waals surface area contributed by atoms with Gasteiger partial charge in [0.05, 0.1) is 12.5 Å². The highest BCUT2D eigenvalue weighted by Crippen LogP contribution is 2.63. The molecule has 1 heteroatoms. The number of methoxy groups -OCH3 is 1. The van der Waals surface area contributed by atoms with Gasteiger partial charge in [-0.1, -0.05) is 105 Å². The summed E-state index contributed by atoms with van der Waals surface area (Å²) >= 11 is 0. The first kappa shape index (κ1) is 20.3. The van der Waals surface area contributed by atoms with Gasteiger partial charge >= 0.3 is 0 Å². The van der Waals surface area contributed by atoms with Crippen molar-refractivity contribution in [2.75, 3.05) is 7.11 Å². The second-order valence-electron chi connectivity index (χ2n) is 9.21. The molecule has 1 nitrogen and oxygen atoms in total. The van der Waals surface area contributed by atoms with Gasteiger partial charge in [-0.25, -0.2) is 0 Å². The minimum atomic E-state index is -0.309. The lowest BCUT2D eigenvalue weighted by atomic mass is 9.70. The number of ether oxygens (including phenoxy) is 1. The van der Waals surface area contributed by atoms with Crippen LogP contribution in [0.3, 0.4) is 0 Å². The average Bonchev–Trinajstić information content (AvgIpc) is 3.41. The Labute approximate surface area is 205 Å². The van der Waals surface area contributed by atoms with Gasteiger partial charge in [-0.05, 0) is 77.8 Å². The van der Waals surface area contributed by atoms with Crippen molar-refractivity contribution in [1.82, 2.24) is 0 Å². The van der Waals surface area contributed by atoms with Crippen LogP contribution >= 0.6 is 0 Å². The third-order valence-corrected chi connectivity index (χ3v) is 7.95. The molecule has 0 saturated carbocycles. The Kier molecular flexibility index (Phi) is 4.17. The van der Waals surface area contributed by atoms with Gasteiger partial charge in [0, 0.05) is 0 Å². The maximum absolute atomic E-state index is 5.64. The van der Waals surface area contributed by atoms with Crippen molar-refractivity contribution in [1.29, 1.82) is 0 Å². The first-order valence-electron chi connectivity index (χ1n) is 12.5. The van der Waals surface area contributed by atoms with E-state index in [2.05, 4.69) is 103 Å². The molecule has 0 aliphatic heterocycles. The van der Waals surface area contributed by atoms with Crippen molar-refractivity contribution in [3.05, 3.63) is 125 Å². The lowest BCUT2D eigenvalue weighted by Gasteiger charge is -2.30. The minimum Gasteiger partial charge on any atom is -0.497 e. The van der Waals surface area contributed by atoms with E-state index in [1.807, 2.05) is 13.8 Å². The molecule has 0 N–H and O–H groups in total. The minimum absolute atomic E-state index is 0.309. The normalized spacial score (nSPS) is 13.8. The lowest BCUT2D eigenvalue weighted by molar-refractivity contribution is 0.415. The highest BCUT2D eigenvalue weighted by molar-refractivity contribution is 6.29. The van der Waals surface area contributed by atoms with Crippen molar-refractivity contribution >= 4 is 32.3 Å². The summed E-state index contributed by atoms with van der Waals surface area (Å²) in [5.74, 6) is 0.901. The molecule has 0 heterocycles. The van der Waals surface area contributed by atoms with Gasteiger partial charge < -0.3 is 4.74 Å². The van der Waals surface area contributed by atoms with E-state index >= 15 is 0 Å². The predicted octanol–water partition coefficient (Wildman–Crippen LogP) is 8.86. The fourth-order valence-corrected chi connectivity index (χ4v) is 6.79. The van der Waals surface area contributed by atoms with Gasteiger partial charge in [-0.15, -0.1) is 0 Å². The van der Waals surface area contributed by atoms with Crippen LogP contribution in [0, 0.1) is 0 Å². The molecule has 8 rings (SSSR count). The lowest BCUT2D eigenvalue weighted by Crippen LogP contribution is -2.26. The van der Waals surface area contributed by atoms with Crippen LogP contribution in [0.5, 0.6) is 5.75 Å². The molecule has 0 radical (unpaired) electrons. The second kappa shape index (κ2) is 7.20. The van der Waals surface area contributed by atoms with Gasteiger partial charge in [-0.2, -0.15) is 0 Å². The molecule has 0 atom stereocenters. The van der Waals surface area contributed by atoms with E-state index in [-0.39, 0.29) is 5.41 Å². The van der Waals surface area contributed by atoms with Crippen molar-refractivity contribution in [2.24, 2.45) is 0 Å². The topological polar surface area (TPSA) is 9.23 Å². The molecule has 6 aromatic rings. The van der Waals surface area contributed by atoms with Crippen LogP contribution in [-0.2, 0) is 5.41 Å². The highest BCUT2D eigenvalue weighted by Gasteiger charge is 2.50. The van der Waals surface area contributed by atoms with Crippen molar-refractivity contribution < 1.29 is 4.74 Å². The zero-order valence-electron chi connectivity index (χ0n) is 20.2. The standard InChI is InChI=1S/C32H20O.C2H6/c1-33-19-16-17-27-25(18-19)22-10-4-5-13-26(22)32(27)28-14-6-11-23-20-8-2-3-9-21(20)24-12-7-15-29(32)31(24)30(23)28;1-2/h2-18H,1H3;1-2H3. The van der Waals surface area contributed by atoms with E-state index in [4.69, 9.17) is 4.74 Å². The third-order valence-electron chi connectivity index (χ3n) is 7.95. The second-order valence-corrected chi connectivity index (χ2v) is 9.21. The Balaban J connectivity index is 0.00000103. The van der Waals surface area contributed by atoms with E-state index in [0.29, 0.717) is 0 Å². The monoisotopic (exact) mass is 450 g/mol. The van der Waals surface area contributed by atoms with Crippen LogP contribution in [0.25, 0.3) is 43.4 Å². The summed E-state index contributed by atoms with van der Waals surface area (Å²) in [6.07, 6.45) is 0. The number of rotatable bonds is 1. The molecule has 35 heavy (non-hydrogen) atoms. The fraction of sp³-hybridized carbons (Fsp3) is 0.118. The fourth-order valence-electron chi connectivity index (χ4n) is 6.79. The third kappa shape index (κ3) is 2.29. The summed E-state index contributed by atoms with van der Waals surface area (Å²) in [6.45, 7) is 4.00. The molecule has 168 valence electrons. The van der Waals surface area contributed by atoms with E-state index in [9.17, 15) is 0 Å². The van der Waals surface area contributed by atoms with Crippen molar-refractivity contribution in [3.63, 3.8) is 0 Å². The zero-order chi connectivity index (χ0) is 23.7. The molecule has 0 amide bonds. The molecular formula is C34H26O. The number of benzene rings is 6. The van der Waals surface area contributed by atoms with E-state index in [1.54, 1.807) is 7.11 Å². The van der Waals surface area contributed by atoms with E-state index in [0.717, 1.165) is 5.75 Å². The Morgan fingerprint density at radius 1 is 0.486 bits per heavy atom. The molecule has 0 fully saturated rings. The van der Waals surface area contributed by atoms with Crippen LogP contribution in [-0.4, -0.2) is 7.11 Å². The number of fused-ring (bicyclic) bond motifs is 10. The summed E-state index contributed by atoms with van der Waals surface area (Å²) in [4.78, 5) is 0. The maximum Gasteiger partial charge on any atom is 0.119 e. The average molecular weight is 451 g/mol. The van der Waals surface area contributed by atoms with Crippen molar-refractivity contribution in [2.45, 2.75) is 19.3 Å². The predicted molar refractivity (Wildman–Crippen MR) is 148 cm³/mol. The zero-order valence-corrected chi connectivity index (χ0v) is 20.2. The van der Waals surface area contributed by atoms with Crippen LogP contribution in [0.15, 0.2) is 103 Å². The SMILES string of the molecule is CC.COc1ccc2c(c1)-c1ccccc1C21c2cccc3c4ccccc4c4cccc1c4c23. The molecule has 1 spiro atoms. The summed E-state index contributed by atoms with van der Waals surface area (Å²) < 4.78 is 5.64. The van der Waals surface area contributed by atoms with Crippen LogP contribution in [0.1, 0.15) is 36.1 Å². The summed E-state index contributed by atoms with van der Waals surface area (Å²) in [5.41, 5.74) is 7.78. The Bertz CT molecular complexity index is 1730.